The Bertz CT molecular complexity index is 516. The molecule has 1 unspecified atom stereocenters. The van der Waals surface area contributed by atoms with E-state index in [1.54, 1.807) is 0 Å². The first-order valence-corrected chi connectivity index (χ1v) is 7.56. The van der Waals surface area contributed by atoms with Crippen molar-refractivity contribution in [2.45, 2.75) is 45.6 Å². The number of anilines is 1. The second kappa shape index (κ2) is 7.14. The SMILES string of the molecule is CC(CCc1ccccc1)Nc1ccccc1C(C)C. The summed E-state index contributed by atoms with van der Waals surface area (Å²) in [5.74, 6) is 0.556. The van der Waals surface area contributed by atoms with Crippen LogP contribution in [-0.4, -0.2) is 6.04 Å². The summed E-state index contributed by atoms with van der Waals surface area (Å²) in [5, 5.41) is 3.66. The topological polar surface area (TPSA) is 12.0 Å². The van der Waals surface area contributed by atoms with Crippen molar-refractivity contribution < 1.29 is 0 Å². The molecule has 1 heteroatoms. The fraction of sp³-hybridized carbons (Fsp3) is 0.368. The number of nitrogens with one attached hydrogen (secondary N) is 1. The summed E-state index contributed by atoms with van der Waals surface area (Å²) in [6, 6.07) is 19.8. The minimum Gasteiger partial charge on any atom is -0.382 e. The summed E-state index contributed by atoms with van der Waals surface area (Å²) in [7, 11) is 0. The standard InChI is InChI=1S/C19H25N/c1-15(2)18-11-7-8-12-19(18)20-16(3)13-14-17-9-5-4-6-10-17/h4-12,15-16,20H,13-14H2,1-3H3. The van der Waals surface area contributed by atoms with Crippen molar-refractivity contribution in [3.8, 4) is 0 Å². The maximum Gasteiger partial charge on any atom is 0.0377 e. The Morgan fingerprint density at radius 3 is 2.20 bits per heavy atom. The lowest BCUT2D eigenvalue weighted by Gasteiger charge is -2.19. The molecule has 0 fully saturated rings. The second-order valence-electron chi connectivity index (χ2n) is 5.81. The second-order valence-corrected chi connectivity index (χ2v) is 5.81. The Hall–Kier alpha value is -1.76. The third kappa shape index (κ3) is 4.12. The molecule has 20 heavy (non-hydrogen) atoms. The molecule has 2 aromatic rings. The smallest absolute Gasteiger partial charge is 0.0377 e. The van der Waals surface area contributed by atoms with Crippen molar-refractivity contribution in [2.75, 3.05) is 5.32 Å². The van der Waals surface area contributed by atoms with E-state index >= 15 is 0 Å². The molecular weight excluding hydrogens is 242 g/mol. The van der Waals surface area contributed by atoms with E-state index < -0.39 is 0 Å². The van der Waals surface area contributed by atoms with Gasteiger partial charge in [0.15, 0.2) is 0 Å². The molecule has 0 spiro atoms. The molecule has 0 bridgehead atoms. The largest absolute Gasteiger partial charge is 0.382 e. The Kier molecular flexibility index (Phi) is 5.23. The Balaban J connectivity index is 1.93. The van der Waals surface area contributed by atoms with Gasteiger partial charge in [-0.05, 0) is 42.9 Å². The van der Waals surface area contributed by atoms with Gasteiger partial charge in [-0.15, -0.1) is 0 Å². The Labute approximate surface area is 123 Å². The molecule has 0 saturated carbocycles. The van der Waals surface area contributed by atoms with Crippen LogP contribution in [0.4, 0.5) is 5.69 Å². The van der Waals surface area contributed by atoms with Crippen LogP contribution in [0, 0.1) is 0 Å². The number of rotatable bonds is 6. The van der Waals surface area contributed by atoms with E-state index in [9.17, 15) is 0 Å². The molecule has 2 aromatic carbocycles. The van der Waals surface area contributed by atoms with Crippen LogP contribution in [0.1, 0.15) is 44.2 Å². The summed E-state index contributed by atoms with van der Waals surface area (Å²) in [4.78, 5) is 0. The molecule has 0 aromatic heterocycles. The van der Waals surface area contributed by atoms with E-state index in [0.717, 1.165) is 12.8 Å². The van der Waals surface area contributed by atoms with Gasteiger partial charge in [0.05, 0.1) is 0 Å². The van der Waals surface area contributed by atoms with E-state index in [1.807, 2.05) is 0 Å². The lowest BCUT2D eigenvalue weighted by molar-refractivity contribution is 0.703. The van der Waals surface area contributed by atoms with Crippen LogP contribution < -0.4 is 5.32 Å². The van der Waals surface area contributed by atoms with Crippen molar-refractivity contribution >= 4 is 5.69 Å². The molecule has 0 radical (unpaired) electrons. The highest BCUT2D eigenvalue weighted by atomic mass is 14.9. The highest BCUT2D eigenvalue weighted by molar-refractivity contribution is 5.53. The molecule has 0 saturated heterocycles. The van der Waals surface area contributed by atoms with Gasteiger partial charge in [-0.3, -0.25) is 0 Å². The summed E-state index contributed by atoms with van der Waals surface area (Å²) < 4.78 is 0. The van der Waals surface area contributed by atoms with Gasteiger partial charge in [0, 0.05) is 11.7 Å². The monoisotopic (exact) mass is 267 g/mol. The molecule has 106 valence electrons. The summed E-state index contributed by atoms with van der Waals surface area (Å²) in [5.41, 5.74) is 4.10. The van der Waals surface area contributed by atoms with Crippen molar-refractivity contribution in [1.82, 2.24) is 0 Å². The van der Waals surface area contributed by atoms with Gasteiger partial charge in [-0.25, -0.2) is 0 Å². The number of hydrogen-bond donors (Lipinski definition) is 1. The van der Waals surface area contributed by atoms with Crippen molar-refractivity contribution in [2.24, 2.45) is 0 Å². The van der Waals surface area contributed by atoms with Gasteiger partial charge in [-0.2, -0.15) is 0 Å². The first-order chi connectivity index (χ1) is 9.66. The van der Waals surface area contributed by atoms with Crippen LogP contribution in [0.15, 0.2) is 54.6 Å². The highest BCUT2D eigenvalue weighted by Gasteiger charge is 2.08. The lowest BCUT2D eigenvalue weighted by Crippen LogP contribution is -2.17. The zero-order valence-corrected chi connectivity index (χ0v) is 12.8. The van der Waals surface area contributed by atoms with E-state index in [1.165, 1.54) is 16.8 Å². The molecule has 0 heterocycles. The molecule has 0 aliphatic rings. The molecule has 0 aliphatic carbocycles. The number of hydrogen-bond acceptors (Lipinski definition) is 1. The van der Waals surface area contributed by atoms with Gasteiger partial charge in [0.1, 0.15) is 0 Å². The number of benzene rings is 2. The van der Waals surface area contributed by atoms with Crippen LogP contribution in [0.25, 0.3) is 0 Å². The van der Waals surface area contributed by atoms with Crippen molar-refractivity contribution in [1.29, 1.82) is 0 Å². The number of para-hydroxylation sites is 1. The molecule has 1 nitrogen and oxygen atoms in total. The third-order valence-electron chi connectivity index (χ3n) is 3.69. The predicted molar refractivity (Wildman–Crippen MR) is 88.4 cm³/mol. The molecule has 1 N–H and O–H groups in total. The summed E-state index contributed by atoms with van der Waals surface area (Å²) in [6.07, 6.45) is 2.27. The maximum absolute atomic E-state index is 3.66. The average molecular weight is 267 g/mol. The minimum absolute atomic E-state index is 0.482. The quantitative estimate of drug-likeness (QED) is 0.754. The van der Waals surface area contributed by atoms with Crippen molar-refractivity contribution in [3.63, 3.8) is 0 Å². The zero-order chi connectivity index (χ0) is 14.4. The summed E-state index contributed by atoms with van der Waals surface area (Å²) >= 11 is 0. The van der Waals surface area contributed by atoms with Crippen molar-refractivity contribution in [3.05, 3.63) is 65.7 Å². The van der Waals surface area contributed by atoms with Crippen LogP contribution in [-0.2, 0) is 6.42 Å². The number of aryl methyl sites for hydroxylation is 1. The van der Waals surface area contributed by atoms with Gasteiger partial charge >= 0.3 is 0 Å². The maximum atomic E-state index is 3.66. The lowest BCUT2D eigenvalue weighted by atomic mass is 10.00. The fourth-order valence-corrected chi connectivity index (χ4v) is 2.50. The fourth-order valence-electron chi connectivity index (χ4n) is 2.50. The van der Waals surface area contributed by atoms with Crippen LogP contribution in [0.3, 0.4) is 0 Å². The molecular formula is C19H25N. The van der Waals surface area contributed by atoms with Crippen LogP contribution >= 0.6 is 0 Å². The Morgan fingerprint density at radius 1 is 0.850 bits per heavy atom. The van der Waals surface area contributed by atoms with E-state index in [0.29, 0.717) is 12.0 Å². The minimum atomic E-state index is 0.482. The highest BCUT2D eigenvalue weighted by Crippen LogP contribution is 2.24. The third-order valence-corrected chi connectivity index (χ3v) is 3.69. The molecule has 0 aliphatic heterocycles. The predicted octanol–water partition coefficient (Wildman–Crippen LogP) is 5.24. The van der Waals surface area contributed by atoms with Crippen LogP contribution in [0.5, 0.6) is 0 Å². The first kappa shape index (κ1) is 14.6. The molecule has 1 atom stereocenters. The van der Waals surface area contributed by atoms with E-state index in [-0.39, 0.29) is 0 Å². The van der Waals surface area contributed by atoms with Gasteiger partial charge in [0.2, 0.25) is 0 Å². The normalized spacial score (nSPS) is 12.4. The van der Waals surface area contributed by atoms with Gasteiger partial charge in [-0.1, -0.05) is 62.4 Å². The van der Waals surface area contributed by atoms with E-state index in [4.69, 9.17) is 0 Å². The first-order valence-electron chi connectivity index (χ1n) is 7.56. The van der Waals surface area contributed by atoms with Gasteiger partial charge < -0.3 is 5.32 Å². The molecule has 0 amide bonds. The Morgan fingerprint density at radius 2 is 1.50 bits per heavy atom. The molecule has 2 rings (SSSR count). The zero-order valence-electron chi connectivity index (χ0n) is 12.8. The van der Waals surface area contributed by atoms with E-state index in [2.05, 4.69) is 80.7 Å². The average Bonchev–Trinajstić information content (AvgIpc) is 2.46. The van der Waals surface area contributed by atoms with Crippen LogP contribution in [0.2, 0.25) is 0 Å². The van der Waals surface area contributed by atoms with Gasteiger partial charge in [0.25, 0.3) is 0 Å². The summed E-state index contributed by atoms with van der Waals surface area (Å²) in [6.45, 7) is 6.75.